The smallest absolute Gasteiger partial charge is 0.309 e. The van der Waals surface area contributed by atoms with Crippen LogP contribution in [0.25, 0.3) is 5.69 Å². The standard InChI is InChI=1S/C10H9N3O3/c14-9-3-1-2-8(5-9)13-6-7(11-12-13)4-10(15)16/h1-3,5-6,14H,4H2,(H,15,16). The van der Waals surface area contributed by atoms with Gasteiger partial charge >= 0.3 is 5.97 Å². The van der Waals surface area contributed by atoms with Gasteiger partial charge in [0.15, 0.2) is 0 Å². The lowest BCUT2D eigenvalue weighted by Gasteiger charge is -1.99. The summed E-state index contributed by atoms with van der Waals surface area (Å²) in [5.41, 5.74) is 1.000. The second-order valence-electron chi connectivity index (χ2n) is 3.24. The highest BCUT2D eigenvalue weighted by atomic mass is 16.4. The van der Waals surface area contributed by atoms with E-state index in [1.165, 1.54) is 16.9 Å². The Morgan fingerprint density at radius 2 is 2.25 bits per heavy atom. The van der Waals surface area contributed by atoms with Crippen molar-refractivity contribution >= 4 is 5.97 Å². The molecule has 0 saturated carbocycles. The van der Waals surface area contributed by atoms with Crippen molar-refractivity contribution in [1.29, 1.82) is 0 Å². The fourth-order valence-corrected chi connectivity index (χ4v) is 1.30. The third kappa shape index (κ3) is 2.17. The number of carbonyl (C=O) groups is 1. The van der Waals surface area contributed by atoms with Crippen molar-refractivity contribution in [3.05, 3.63) is 36.2 Å². The Hall–Kier alpha value is -2.37. The molecule has 0 unspecified atom stereocenters. The van der Waals surface area contributed by atoms with Crippen molar-refractivity contribution in [2.24, 2.45) is 0 Å². The first kappa shape index (κ1) is 10.2. The largest absolute Gasteiger partial charge is 0.508 e. The van der Waals surface area contributed by atoms with Gasteiger partial charge in [-0.15, -0.1) is 5.10 Å². The number of hydrogen-bond acceptors (Lipinski definition) is 4. The van der Waals surface area contributed by atoms with Crippen LogP contribution in [0.1, 0.15) is 5.69 Å². The predicted octanol–water partition coefficient (Wildman–Crippen LogP) is 0.600. The van der Waals surface area contributed by atoms with Crippen LogP contribution < -0.4 is 0 Å². The maximum atomic E-state index is 10.5. The molecule has 1 aromatic carbocycles. The fourth-order valence-electron chi connectivity index (χ4n) is 1.30. The van der Waals surface area contributed by atoms with Gasteiger partial charge in [-0.3, -0.25) is 4.79 Å². The summed E-state index contributed by atoms with van der Waals surface area (Å²) in [6.07, 6.45) is 1.35. The van der Waals surface area contributed by atoms with Crippen LogP contribution in [0.3, 0.4) is 0 Å². The lowest BCUT2D eigenvalue weighted by atomic mass is 10.3. The molecule has 0 spiro atoms. The van der Waals surface area contributed by atoms with E-state index in [2.05, 4.69) is 10.3 Å². The Morgan fingerprint density at radius 1 is 1.44 bits per heavy atom. The normalized spacial score (nSPS) is 10.2. The van der Waals surface area contributed by atoms with E-state index < -0.39 is 5.97 Å². The number of rotatable bonds is 3. The molecule has 0 amide bonds. The van der Waals surface area contributed by atoms with Crippen molar-refractivity contribution in [2.45, 2.75) is 6.42 Å². The summed E-state index contributed by atoms with van der Waals surface area (Å²) >= 11 is 0. The van der Waals surface area contributed by atoms with Gasteiger partial charge in [0.25, 0.3) is 0 Å². The van der Waals surface area contributed by atoms with E-state index >= 15 is 0 Å². The maximum absolute atomic E-state index is 10.5. The van der Waals surface area contributed by atoms with Crippen LogP contribution in [0.15, 0.2) is 30.5 Å². The van der Waals surface area contributed by atoms with E-state index in [4.69, 9.17) is 5.11 Å². The van der Waals surface area contributed by atoms with Crippen LogP contribution in [0.2, 0.25) is 0 Å². The van der Waals surface area contributed by atoms with E-state index in [-0.39, 0.29) is 12.2 Å². The van der Waals surface area contributed by atoms with Crippen molar-refractivity contribution in [3.8, 4) is 11.4 Å². The van der Waals surface area contributed by atoms with Gasteiger partial charge in [0.05, 0.1) is 24.0 Å². The van der Waals surface area contributed by atoms with Gasteiger partial charge in [0.1, 0.15) is 5.75 Å². The zero-order valence-electron chi connectivity index (χ0n) is 8.24. The second-order valence-corrected chi connectivity index (χ2v) is 3.24. The summed E-state index contributed by atoms with van der Waals surface area (Å²) in [6.45, 7) is 0. The lowest BCUT2D eigenvalue weighted by Crippen LogP contribution is -1.99. The molecule has 0 aliphatic rings. The first-order valence-electron chi connectivity index (χ1n) is 4.57. The Labute approximate surface area is 90.8 Å². The molecule has 6 nitrogen and oxygen atoms in total. The van der Waals surface area contributed by atoms with E-state index in [1.54, 1.807) is 18.2 Å². The number of aliphatic carboxylic acids is 1. The van der Waals surface area contributed by atoms with Crippen LogP contribution in [-0.2, 0) is 11.2 Å². The SMILES string of the molecule is O=C(O)Cc1cn(-c2cccc(O)c2)nn1. The zero-order chi connectivity index (χ0) is 11.5. The molecular formula is C10H9N3O3. The molecule has 1 heterocycles. The highest BCUT2D eigenvalue weighted by molar-refractivity contribution is 5.69. The zero-order valence-corrected chi connectivity index (χ0v) is 8.24. The Balaban J connectivity index is 2.28. The molecule has 0 aliphatic heterocycles. The molecule has 2 rings (SSSR count). The minimum absolute atomic E-state index is 0.118. The molecular weight excluding hydrogens is 210 g/mol. The number of carboxylic acids is 1. The average Bonchev–Trinajstić information content (AvgIpc) is 2.65. The fraction of sp³-hybridized carbons (Fsp3) is 0.100. The Morgan fingerprint density at radius 3 is 2.94 bits per heavy atom. The molecule has 0 bridgehead atoms. The number of phenols is 1. The molecule has 6 heteroatoms. The number of benzene rings is 1. The quantitative estimate of drug-likeness (QED) is 0.789. The number of aromatic hydroxyl groups is 1. The first-order valence-corrected chi connectivity index (χ1v) is 4.57. The van der Waals surface area contributed by atoms with Gasteiger partial charge < -0.3 is 10.2 Å². The average molecular weight is 219 g/mol. The van der Waals surface area contributed by atoms with E-state index in [0.717, 1.165) is 0 Å². The van der Waals surface area contributed by atoms with E-state index in [9.17, 15) is 9.90 Å². The lowest BCUT2D eigenvalue weighted by molar-refractivity contribution is -0.136. The molecule has 0 radical (unpaired) electrons. The van der Waals surface area contributed by atoms with Crippen molar-refractivity contribution in [3.63, 3.8) is 0 Å². The van der Waals surface area contributed by atoms with Crippen LogP contribution in [0, 0.1) is 0 Å². The molecule has 0 saturated heterocycles. The number of carboxylic acid groups (broad SMARTS) is 1. The Bertz CT molecular complexity index is 522. The summed E-state index contributed by atoms with van der Waals surface area (Å²) in [5.74, 6) is -0.837. The van der Waals surface area contributed by atoms with Crippen molar-refractivity contribution in [2.75, 3.05) is 0 Å². The van der Waals surface area contributed by atoms with Crippen molar-refractivity contribution < 1.29 is 15.0 Å². The van der Waals surface area contributed by atoms with Gasteiger partial charge in [0.2, 0.25) is 0 Å². The van der Waals surface area contributed by atoms with E-state index in [1.807, 2.05) is 0 Å². The number of nitrogens with zero attached hydrogens (tertiary/aromatic N) is 3. The highest BCUT2D eigenvalue weighted by Gasteiger charge is 2.06. The van der Waals surface area contributed by atoms with E-state index in [0.29, 0.717) is 11.4 Å². The van der Waals surface area contributed by atoms with Gasteiger partial charge in [-0.05, 0) is 12.1 Å². The third-order valence-corrected chi connectivity index (χ3v) is 1.97. The summed E-state index contributed by atoms with van der Waals surface area (Å²) in [7, 11) is 0. The van der Waals surface area contributed by atoms with Gasteiger partial charge in [-0.2, -0.15) is 0 Å². The molecule has 0 atom stereocenters. The molecule has 16 heavy (non-hydrogen) atoms. The predicted molar refractivity (Wildman–Crippen MR) is 54.4 cm³/mol. The molecule has 2 N–H and O–H groups in total. The molecule has 0 fully saturated rings. The maximum Gasteiger partial charge on any atom is 0.309 e. The minimum atomic E-state index is -0.956. The first-order chi connectivity index (χ1) is 7.65. The van der Waals surface area contributed by atoms with Crippen LogP contribution in [-0.4, -0.2) is 31.2 Å². The number of hydrogen-bond donors (Lipinski definition) is 2. The van der Waals surface area contributed by atoms with Crippen molar-refractivity contribution in [1.82, 2.24) is 15.0 Å². The summed E-state index contributed by atoms with van der Waals surface area (Å²) in [5, 5.41) is 25.3. The third-order valence-electron chi connectivity index (χ3n) is 1.97. The topological polar surface area (TPSA) is 88.2 Å². The Kier molecular flexibility index (Phi) is 2.55. The number of phenolic OH excluding ortho intramolecular Hbond substituents is 1. The van der Waals surface area contributed by atoms with Crippen LogP contribution >= 0.6 is 0 Å². The molecule has 82 valence electrons. The van der Waals surface area contributed by atoms with Gasteiger partial charge in [-0.1, -0.05) is 11.3 Å². The second kappa shape index (κ2) is 4.01. The van der Waals surface area contributed by atoms with Crippen LogP contribution in [0.4, 0.5) is 0 Å². The minimum Gasteiger partial charge on any atom is -0.508 e. The molecule has 1 aromatic heterocycles. The summed E-state index contributed by atoms with van der Waals surface area (Å²) in [4.78, 5) is 10.5. The number of aromatic nitrogens is 3. The van der Waals surface area contributed by atoms with Gasteiger partial charge in [0, 0.05) is 6.07 Å². The monoisotopic (exact) mass is 219 g/mol. The highest BCUT2D eigenvalue weighted by Crippen LogP contribution is 2.14. The summed E-state index contributed by atoms with van der Waals surface area (Å²) in [6, 6.07) is 6.46. The summed E-state index contributed by atoms with van der Waals surface area (Å²) < 4.78 is 1.41. The molecule has 0 aliphatic carbocycles. The van der Waals surface area contributed by atoms with Gasteiger partial charge in [-0.25, -0.2) is 4.68 Å². The van der Waals surface area contributed by atoms with Crippen LogP contribution in [0.5, 0.6) is 5.75 Å². The molecule has 2 aromatic rings.